The summed E-state index contributed by atoms with van der Waals surface area (Å²) in [6, 6.07) is 9.60. The quantitative estimate of drug-likeness (QED) is 0.908. The van der Waals surface area contributed by atoms with E-state index in [0.717, 1.165) is 25.3 Å². The molecule has 2 aromatic rings. The third kappa shape index (κ3) is 4.18. The van der Waals surface area contributed by atoms with Crippen molar-refractivity contribution in [2.75, 3.05) is 18.4 Å². The highest BCUT2D eigenvalue weighted by Gasteiger charge is 2.22. The summed E-state index contributed by atoms with van der Waals surface area (Å²) in [6.07, 6.45) is 2.07. The third-order valence-electron chi connectivity index (χ3n) is 3.83. The summed E-state index contributed by atoms with van der Waals surface area (Å²) in [7, 11) is 0. The van der Waals surface area contributed by atoms with Gasteiger partial charge in [-0.05, 0) is 37.6 Å². The number of aromatic nitrogens is 2. The molecule has 1 saturated heterocycles. The Kier molecular flexibility index (Phi) is 4.73. The van der Waals surface area contributed by atoms with Crippen LogP contribution in [-0.2, 0) is 11.3 Å². The van der Waals surface area contributed by atoms with Crippen LogP contribution in [0.3, 0.4) is 0 Å². The first kappa shape index (κ1) is 15.7. The van der Waals surface area contributed by atoms with Gasteiger partial charge in [-0.1, -0.05) is 12.1 Å². The van der Waals surface area contributed by atoms with Gasteiger partial charge in [-0.25, -0.2) is 0 Å². The summed E-state index contributed by atoms with van der Waals surface area (Å²) in [4.78, 5) is 14.4. The van der Waals surface area contributed by atoms with E-state index in [2.05, 4.69) is 40.3 Å². The van der Waals surface area contributed by atoms with Crippen molar-refractivity contribution in [2.45, 2.75) is 32.6 Å². The Morgan fingerprint density at radius 2 is 2.13 bits per heavy atom. The van der Waals surface area contributed by atoms with Crippen LogP contribution in [0.4, 0.5) is 5.69 Å². The number of aromatic amines is 1. The minimum absolute atomic E-state index is 0.187. The van der Waals surface area contributed by atoms with Crippen molar-refractivity contribution in [3.05, 3.63) is 47.8 Å². The Labute approximate surface area is 135 Å². The number of ether oxygens (including phenoxy) is 1. The number of benzene rings is 1. The van der Waals surface area contributed by atoms with Crippen molar-refractivity contribution in [3.8, 4) is 0 Å². The van der Waals surface area contributed by atoms with Crippen LogP contribution >= 0.6 is 0 Å². The van der Waals surface area contributed by atoms with Gasteiger partial charge in [0.1, 0.15) is 5.69 Å². The van der Waals surface area contributed by atoms with Crippen molar-refractivity contribution in [1.82, 2.24) is 15.1 Å². The maximum atomic E-state index is 12.1. The normalized spacial score (nSPS) is 22.0. The Hall–Kier alpha value is -2.18. The Balaban J connectivity index is 1.64. The van der Waals surface area contributed by atoms with Crippen LogP contribution in [0.2, 0.25) is 0 Å². The number of nitrogens with zero attached hydrogens (tertiary/aromatic N) is 2. The zero-order valence-corrected chi connectivity index (χ0v) is 13.5. The Morgan fingerprint density at radius 3 is 2.83 bits per heavy atom. The summed E-state index contributed by atoms with van der Waals surface area (Å²) < 4.78 is 5.76. The van der Waals surface area contributed by atoms with Crippen LogP contribution in [0.1, 0.15) is 29.9 Å². The molecule has 2 N–H and O–H groups in total. The van der Waals surface area contributed by atoms with Crippen LogP contribution < -0.4 is 5.32 Å². The van der Waals surface area contributed by atoms with E-state index in [-0.39, 0.29) is 18.1 Å². The fourth-order valence-electron chi connectivity index (χ4n) is 3.00. The van der Waals surface area contributed by atoms with Gasteiger partial charge in [-0.15, -0.1) is 0 Å². The maximum absolute atomic E-state index is 12.1. The third-order valence-corrected chi connectivity index (χ3v) is 3.83. The number of hydrogen-bond donors (Lipinski definition) is 2. The van der Waals surface area contributed by atoms with Crippen molar-refractivity contribution >= 4 is 11.6 Å². The molecule has 1 fully saturated rings. The highest BCUT2D eigenvalue weighted by atomic mass is 16.5. The molecule has 1 aliphatic rings. The van der Waals surface area contributed by atoms with Crippen molar-refractivity contribution in [2.24, 2.45) is 0 Å². The summed E-state index contributed by atoms with van der Waals surface area (Å²) in [6.45, 7) is 6.91. The Morgan fingerprint density at radius 1 is 1.35 bits per heavy atom. The molecule has 122 valence electrons. The van der Waals surface area contributed by atoms with Gasteiger partial charge in [0.2, 0.25) is 0 Å². The molecule has 1 aromatic heterocycles. The number of carbonyl (C=O) groups is 1. The predicted octanol–water partition coefficient (Wildman–Crippen LogP) is 2.27. The number of carbonyl (C=O) groups excluding carboxylic acids is 1. The van der Waals surface area contributed by atoms with Crippen LogP contribution in [0.5, 0.6) is 0 Å². The second kappa shape index (κ2) is 6.93. The molecule has 1 aromatic carbocycles. The van der Waals surface area contributed by atoms with Crippen molar-refractivity contribution < 1.29 is 9.53 Å². The van der Waals surface area contributed by atoms with Gasteiger partial charge in [0.05, 0.1) is 12.2 Å². The van der Waals surface area contributed by atoms with Crippen molar-refractivity contribution in [1.29, 1.82) is 0 Å². The van der Waals surface area contributed by atoms with Crippen molar-refractivity contribution in [3.63, 3.8) is 0 Å². The molecule has 0 bridgehead atoms. The first-order valence-corrected chi connectivity index (χ1v) is 7.87. The zero-order chi connectivity index (χ0) is 16.2. The lowest BCUT2D eigenvalue weighted by Gasteiger charge is -2.35. The largest absolute Gasteiger partial charge is 0.373 e. The monoisotopic (exact) mass is 314 g/mol. The number of H-pyrrole nitrogens is 1. The lowest BCUT2D eigenvalue weighted by molar-refractivity contribution is -0.0704. The lowest BCUT2D eigenvalue weighted by atomic mass is 10.1. The average molecular weight is 314 g/mol. The summed E-state index contributed by atoms with van der Waals surface area (Å²) in [5, 5.41) is 9.34. The first-order valence-electron chi connectivity index (χ1n) is 7.87. The van der Waals surface area contributed by atoms with Gasteiger partial charge in [-0.2, -0.15) is 5.10 Å². The van der Waals surface area contributed by atoms with Gasteiger partial charge in [-0.3, -0.25) is 14.8 Å². The van der Waals surface area contributed by atoms with E-state index in [1.165, 1.54) is 5.56 Å². The molecule has 0 saturated carbocycles. The molecule has 0 aliphatic carbocycles. The molecule has 1 aliphatic heterocycles. The highest BCUT2D eigenvalue weighted by molar-refractivity contribution is 6.02. The van der Waals surface area contributed by atoms with E-state index in [9.17, 15) is 4.79 Å². The topological polar surface area (TPSA) is 70.2 Å². The second-order valence-electron chi connectivity index (χ2n) is 6.08. The summed E-state index contributed by atoms with van der Waals surface area (Å²) in [5.74, 6) is -0.187. The molecule has 23 heavy (non-hydrogen) atoms. The molecule has 2 heterocycles. The smallest absolute Gasteiger partial charge is 0.273 e. The molecule has 3 rings (SSSR count). The van der Waals surface area contributed by atoms with E-state index >= 15 is 0 Å². The summed E-state index contributed by atoms with van der Waals surface area (Å²) in [5.41, 5.74) is 2.41. The van der Waals surface area contributed by atoms with Gasteiger partial charge < -0.3 is 10.1 Å². The first-order chi connectivity index (χ1) is 11.1. The fraction of sp³-hybridized carbons (Fsp3) is 0.412. The van der Waals surface area contributed by atoms with Gasteiger partial charge in [0, 0.05) is 31.5 Å². The van der Waals surface area contributed by atoms with Gasteiger partial charge in [0.15, 0.2) is 0 Å². The molecule has 2 atom stereocenters. The molecular formula is C17H22N4O2. The van der Waals surface area contributed by atoms with Gasteiger partial charge in [0.25, 0.3) is 5.91 Å². The van der Waals surface area contributed by atoms with E-state index < -0.39 is 0 Å². The molecule has 0 spiro atoms. The maximum Gasteiger partial charge on any atom is 0.273 e. The predicted molar refractivity (Wildman–Crippen MR) is 88.3 cm³/mol. The number of morpholine rings is 1. The zero-order valence-electron chi connectivity index (χ0n) is 13.5. The standard InChI is InChI=1S/C17H22N4O2/c1-12-9-21(10-13(2)23-12)11-14-4-3-5-15(8-14)19-17(22)16-6-7-18-20-16/h3-8,12-13H,9-11H2,1-2H3,(H,18,20)(H,19,22). The van der Waals surface area contributed by atoms with E-state index in [1.54, 1.807) is 12.3 Å². The minimum atomic E-state index is -0.187. The second-order valence-corrected chi connectivity index (χ2v) is 6.08. The number of anilines is 1. The van der Waals surface area contributed by atoms with Gasteiger partial charge >= 0.3 is 0 Å². The van der Waals surface area contributed by atoms with E-state index in [0.29, 0.717) is 5.69 Å². The molecule has 2 unspecified atom stereocenters. The van der Waals surface area contributed by atoms with Crippen LogP contribution in [0.25, 0.3) is 0 Å². The minimum Gasteiger partial charge on any atom is -0.373 e. The van der Waals surface area contributed by atoms with Crippen LogP contribution in [0.15, 0.2) is 36.5 Å². The molecular weight excluding hydrogens is 292 g/mol. The molecule has 0 radical (unpaired) electrons. The molecule has 1 amide bonds. The number of hydrogen-bond acceptors (Lipinski definition) is 4. The highest BCUT2D eigenvalue weighted by Crippen LogP contribution is 2.17. The SMILES string of the molecule is CC1CN(Cc2cccc(NC(=O)c3ccn[nH]3)c2)CC(C)O1. The molecule has 6 nitrogen and oxygen atoms in total. The summed E-state index contributed by atoms with van der Waals surface area (Å²) >= 11 is 0. The molecule has 6 heteroatoms. The fourth-order valence-corrected chi connectivity index (χ4v) is 3.00. The van der Waals surface area contributed by atoms with E-state index in [4.69, 9.17) is 4.74 Å². The van der Waals surface area contributed by atoms with E-state index in [1.807, 2.05) is 18.2 Å². The van der Waals surface area contributed by atoms with Crippen LogP contribution in [0, 0.1) is 0 Å². The lowest BCUT2D eigenvalue weighted by Crippen LogP contribution is -2.44. The Bertz CT molecular complexity index is 646. The average Bonchev–Trinajstić information content (AvgIpc) is 3.00. The number of nitrogens with one attached hydrogen (secondary N) is 2. The number of rotatable bonds is 4. The van der Waals surface area contributed by atoms with Crippen LogP contribution in [-0.4, -0.2) is 46.3 Å². The number of amides is 1.